The Labute approximate surface area is 165 Å². The molecule has 0 aliphatic rings. The highest BCUT2D eigenvalue weighted by molar-refractivity contribution is 5.92. The van der Waals surface area contributed by atoms with Crippen LogP contribution in [0.1, 0.15) is 37.8 Å². The minimum atomic E-state index is -0.395. The Kier molecular flexibility index (Phi) is 6.34. The molecule has 5 heteroatoms. The van der Waals surface area contributed by atoms with Crippen molar-refractivity contribution >= 4 is 16.8 Å². The van der Waals surface area contributed by atoms with Crippen LogP contribution >= 0.6 is 0 Å². The van der Waals surface area contributed by atoms with E-state index in [1.807, 2.05) is 13.0 Å². The summed E-state index contributed by atoms with van der Waals surface area (Å²) in [6, 6.07) is 11.5. The number of hydrogen-bond donors (Lipinski definition) is 2. The summed E-state index contributed by atoms with van der Waals surface area (Å²) in [5, 5.41) is 3.89. The summed E-state index contributed by atoms with van der Waals surface area (Å²) in [6.45, 7) is 4.64. The number of methoxy groups -OCH3 is 1. The van der Waals surface area contributed by atoms with Gasteiger partial charge in [0.25, 0.3) is 0 Å². The summed E-state index contributed by atoms with van der Waals surface area (Å²) in [7, 11) is 1.47. The molecule has 4 nitrogen and oxygen atoms in total. The van der Waals surface area contributed by atoms with Crippen molar-refractivity contribution < 1.29 is 13.9 Å². The van der Waals surface area contributed by atoms with E-state index in [0.29, 0.717) is 19.4 Å². The fraction of sp³-hybridized carbons (Fsp3) is 0.348. The maximum Gasteiger partial charge on any atom is 0.219 e. The normalized spacial score (nSPS) is 11.0. The first-order valence-electron chi connectivity index (χ1n) is 9.81. The zero-order valence-corrected chi connectivity index (χ0v) is 16.7. The highest BCUT2D eigenvalue weighted by Gasteiger charge is 2.17. The number of nitrogens with one attached hydrogen (secondary N) is 2. The fourth-order valence-electron chi connectivity index (χ4n) is 3.50. The van der Waals surface area contributed by atoms with Gasteiger partial charge in [-0.15, -0.1) is 0 Å². The lowest BCUT2D eigenvalue weighted by atomic mass is 10.00. The van der Waals surface area contributed by atoms with E-state index >= 15 is 0 Å². The lowest BCUT2D eigenvalue weighted by molar-refractivity contribution is -0.121. The van der Waals surface area contributed by atoms with E-state index < -0.39 is 5.82 Å². The summed E-state index contributed by atoms with van der Waals surface area (Å²) in [6.07, 6.45) is 2.94. The Morgan fingerprint density at radius 3 is 2.75 bits per heavy atom. The number of H-pyrrole nitrogens is 1. The van der Waals surface area contributed by atoms with Gasteiger partial charge >= 0.3 is 0 Å². The maximum absolute atomic E-state index is 14.2. The van der Waals surface area contributed by atoms with Crippen LogP contribution in [0.4, 0.5) is 4.39 Å². The number of fused-ring (bicyclic) bond motifs is 1. The van der Waals surface area contributed by atoms with Crippen molar-refractivity contribution in [3.05, 3.63) is 53.3 Å². The van der Waals surface area contributed by atoms with Gasteiger partial charge < -0.3 is 15.0 Å². The topological polar surface area (TPSA) is 54.1 Å². The monoisotopic (exact) mass is 382 g/mol. The fourth-order valence-corrected chi connectivity index (χ4v) is 3.50. The number of halogens is 1. The van der Waals surface area contributed by atoms with Gasteiger partial charge in [-0.05, 0) is 48.1 Å². The largest absolute Gasteiger partial charge is 0.494 e. The Morgan fingerprint density at radius 1 is 1.21 bits per heavy atom. The Balaban J connectivity index is 2.04. The number of benzene rings is 2. The average Bonchev–Trinajstić information content (AvgIpc) is 3.05. The smallest absolute Gasteiger partial charge is 0.219 e. The van der Waals surface area contributed by atoms with Gasteiger partial charge in [0.1, 0.15) is 0 Å². The van der Waals surface area contributed by atoms with Gasteiger partial charge in [0.2, 0.25) is 5.91 Å². The van der Waals surface area contributed by atoms with Crippen LogP contribution in [0.3, 0.4) is 0 Å². The molecule has 0 saturated heterocycles. The molecule has 3 aromatic rings. The predicted octanol–water partition coefficient (Wildman–Crippen LogP) is 5.00. The molecule has 0 atom stereocenters. The van der Waals surface area contributed by atoms with Gasteiger partial charge in [0, 0.05) is 35.6 Å². The van der Waals surface area contributed by atoms with Crippen molar-refractivity contribution in [3.63, 3.8) is 0 Å². The van der Waals surface area contributed by atoms with Crippen LogP contribution in [0.25, 0.3) is 22.2 Å². The van der Waals surface area contributed by atoms with Gasteiger partial charge in [-0.1, -0.05) is 32.0 Å². The molecule has 0 saturated carbocycles. The average molecular weight is 382 g/mol. The molecule has 2 aromatic carbocycles. The van der Waals surface area contributed by atoms with Gasteiger partial charge in [0.15, 0.2) is 11.6 Å². The molecule has 28 heavy (non-hydrogen) atoms. The molecule has 0 radical (unpaired) electrons. The molecule has 1 aromatic heterocycles. The number of aryl methyl sites for hydroxylation is 1. The standard InChI is InChI=1S/C23H27FN2O2/c1-4-7-22(27)25-11-10-17-18-13-21(28-3)19(24)14-20(18)26-23(17)16-9-6-8-15(5-2)12-16/h6,8-9,12-14,26H,4-5,7,10-11H2,1-3H3,(H,25,27). The summed E-state index contributed by atoms with van der Waals surface area (Å²) >= 11 is 0. The molecule has 0 bridgehead atoms. The first kappa shape index (κ1) is 19.9. The molecule has 0 unspecified atom stereocenters. The lowest BCUT2D eigenvalue weighted by Crippen LogP contribution is -2.25. The quantitative estimate of drug-likeness (QED) is 0.576. The van der Waals surface area contributed by atoms with Gasteiger partial charge in [-0.3, -0.25) is 4.79 Å². The molecular weight excluding hydrogens is 355 g/mol. The van der Waals surface area contributed by atoms with Crippen molar-refractivity contribution in [3.8, 4) is 17.0 Å². The van der Waals surface area contributed by atoms with Crippen LogP contribution in [0.15, 0.2) is 36.4 Å². The second kappa shape index (κ2) is 8.91. The molecule has 148 valence electrons. The maximum atomic E-state index is 14.2. The van der Waals surface area contributed by atoms with Crippen molar-refractivity contribution in [2.75, 3.05) is 13.7 Å². The predicted molar refractivity (Wildman–Crippen MR) is 111 cm³/mol. The number of aromatic nitrogens is 1. The minimum Gasteiger partial charge on any atom is -0.494 e. The van der Waals surface area contributed by atoms with Crippen LogP contribution in [0.2, 0.25) is 0 Å². The van der Waals surface area contributed by atoms with Gasteiger partial charge in [-0.25, -0.2) is 4.39 Å². The summed E-state index contributed by atoms with van der Waals surface area (Å²) in [5.74, 6) is -0.120. The lowest BCUT2D eigenvalue weighted by Gasteiger charge is -2.09. The minimum absolute atomic E-state index is 0.0560. The van der Waals surface area contributed by atoms with Crippen LogP contribution in [-0.4, -0.2) is 24.5 Å². The van der Waals surface area contributed by atoms with Gasteiger partial charge in [0.05, 0.1) is 7.11 Å². The highest BCUT2D eigenvalue weighted by Crippen LogP contribution is 2.34. The molecule has 1 heterocycles. The second-order valence-electron chi connectivity index (χ2n) is 6.91. The van der Waals surface area contributed by atoms with Crippen molar-refractivity contribution in [2.45, 2.75) is 39.5 Å². The third-order valence-electron chi connectivity index (χ3n) is 4.98. The first-order chi connectivity index (χ1) is 13.6. The number of hydrogen-bond acceptors (Lipinski definition) is 2. The first-order valence-corrected chi connectivity index (χ1v) is 9.81. The van der Waals surface area contributed by atoms with E-state index in [2.05, 4.69) is 35.4 Å². The van der Waals surface area contributed by atoms with E-state index in [9.17, 15) is 9.18 Å². The number of carbonyl (C=O) groups excluding carboxylic acids is 1. The van der Waals surface area contributed by atoms with E-state index in [0.717, 1.165) is 40.6 Å². The zero-order chi connectivity index (χ0) is 20.1. The molecule has 3 rings (SSSR count). The van der Waals surface area contributed by atoms with E-state index in [1.54, 1.807) is 6.07 Å². The van der Waals surface area contributed by atoms with Crippen LogP contribution in [0, 0.1) is 5.82 Å². The van der Waals surface area contributed by atoms with E-state index in [4.69, 9.17) is 4.74 Å². The van der Waals surface area contributed by atoms with E-state index in [-0.39, 0.29) is 11.7 Å². The number of rotatable bonds is 8. The molecule has 1 amide bonds. The summed E-state index contributed by atoms with van der Waals surface area (Å²) in [5.41, 5.74) is 5.04. The van der Waals surface area contributed by atoms with Crippen LogP contribution < -0.4 is 10.1 Å². The van der Waals surface area contributed by atoms with Crippen molar-refractivity contribution in [1.29, 1.82) is 0 Å². The SMILES string of the molecule is CCCC(=O)NCCc1c(-c2cccc(CC)c2)[nH]c2cc(F)c(OC)cc12. The zero-order valence-electron chi connectivity index (χ0n) is 16.7. The third kappa shape index (κ3) is 4.19. The molecule has 0 aliphatic heterocycles. The molecule has 0 fully saturated rings. The van der Waals surface area contributed by atoms with Crippen LogP contribution in [0.5, 0.6) is 5.75 Å². The number of carbonyl (C=O) groups is 1. The Bertz CT molecular complexity index is 978. The summed E-state index contributed by atoms with van der Waals surface area (Å²) < 4.78 is 19.4. The van der Waals surface area contributed by atoms with Gasteiger partial charge in [-0.2, -0.15) is 0 Å². The van der Waals surface area contributed by atoms with E-state index in [1.165, 1.54) is 18.7 Å². The number of ether oxygens (including phenoxy) is 1. The number of amides is 1. The third-order valence-corrected chi connectivity index (χ3v) is 4.98. The highest BCUT2D eigenvalue weighted by atomic mass is 19.1. The Hall–Kier alpha value is -2.82. The number of aromatic amines is 1. The summed E-state index contributed by atoms with van der Waals surface area (Å²) in [4.78, 5) is 15.2. The second-order valence-corrected chi connectivity index (χ2v) is 6.91. The molecular formula is C23H27FN2O2. The Morgan fingerprint density at radius 2 is 2.04 bits per heavy atom. The molecule has 0 aliphatic carbocycles. The molecule has 0 spiro atoms. The van der Waals surface area contributed by atoms with Crippen molar-refractivity contribution in [1.82, 2.24) is 10.3 Å². The molecule has 2 N–H and O–H groups in total. The van der Waals surface area contributed by atoms with Crippen molar-refractivity contribution in [2.24, 2.45) is 0 Å². The van der Waals surface area contributed by atoms with Crippen LogP contribution in [-0.2, 0) is 17.6 Å².